The maximum absolute atomic E-state index is 11.0. The zero-order valence-electron chi connectivity index (χ0n) is 13.9. The molecule has 0 saturated carbocycles. The van der Waals surface area contributed by atoms with Gasteiger partial charge in [0, 0.05) is 0 Å². The third kappa shape index (κ3) is 2.75. The minimum atomic E-state index is -1.99. The molecule has 3 heterocycles. The van der Waals surface area contributed by atoms with Gasteiger partial charge in [-0.15, -0.1) is 5.92 Å². The van der Waals surface area contributed by atoms with Crippen molar-refractivity contribution in [3.05, 3.63) is 11.0 Å². The summed E-state index contributed by atoms with van der Waals surface area (Å²) in [6.07, 6.45) is -3.38. The molecule has 11 nitrogen and oxygen atoms in total. The molecule has 1 fully saturated rings. The molecule has 1 saturated heterocycles. The average Bonchev–Trinajstić information content (AvgIpc) is 3.09. The largest absolute Gasteiger partial charge is 0.391 e. The van der Waals surface area contributed by atoms with Gasteiger partial charge in [0.15, 0.2) is 16.5 Å². The minimum absolute atomic E-state index is 0.0301. The molecule has 5 atom stereocenters. The molecule has 1 aliphatic heterocycles. The normalized spacial score (nSPS) is 29.8. The summed E-state index contributed by atoms with van der Waals surface area (Å²) in [5, 5.41) is 38.1. The fourth-order valence-electron chi connectivity index (χ4n) is 2.92. The van der Waals surface area contributed by atoms with Crippen LogP contribution in [0, 0.1) is 16.5 Å². The number of aromatic nitrogens is 4. The summed E-state index contributed by atoms with van der Waals surface area (Å²) in [5.41, 5.74) is -1.35. The van der Waals surface area contributed by atoms with Gasteiger partial charge in [0.25, 0.3) is 5.95 Å². The predicted molar refractivity (Wildman–Crippen MR) is 91.4 cm³/mol. The molecule has 1 aliphatic rings. The van der Waals surface area contributed by atoms with Crippen LogP contribution in [0.2, 0.25) is 0 Å². The number of aliphatic hydroxyl groups excluding tert-OH is 2. The molecule has 26 heavy (non-hydrogen) atoms. The van der Waals surface area contributed by atoms with E-state index >= 15 is 0 Å². The zero-order valence-corrected chi connectivity index (χ0v) is 14.7. The molecule has 6 N–H and O–H groups in total. The van der Waals surface area contributed by atoms with Crippen LogP contribution in [-0.4, -0.2) is 58.8 Å². The lowest BCUT2D eigenvalue weighted by molar-refractivity contribution is -0.0847. The number of fused-ring (bicyclic) bond motifs is 1. The third-order valence-corrected chi connectivity index (χ3v) is 4.35. The molecule has 0 aromatic carbocycles. The number of nitrogens with zero attached hydrogens (tertiary/aromatic N) is 5. The lowest BCUT2D eigenvalue weighted by Crippen LogP contribution is -2.47. The third-order valence-electron chi connectivity index (χ3n) is 4.06. The molecule has 0 aliphatic carbocycles. The van der Waals surface area contributed by atoms with E-state index in [0.717, 1.165) is 0 Å². The number of imidazole rings is 1. The van der Waals surface area contributed by atoms with Gasteiger partial charge in [-0.3, -0.25) is 4.57 Å². The topological polar surface area (TPSA) is 167 Å². The number of ether oxygens (including phenoxy) is 1. The van der Waals surface area contributed by atoms with E-state index in [-0.39, 0.29) is 10.6 Å². The highest BCUT2D eigenvalue weighted by Gasteiger charge is 2.57. The van der Waals surface area contributed by atoms with Gasteiger partial charge in [-0.1, -0.05) is 28.5 Å². The van der Waals surface area contributed by atoms with Gasteiger partial charge in [-0.05, 0) is 13.8 Å². The van der Waals surface area contributed by atoms with E-state index in [9.17, 15) is 15.3 Å². The van der Waals surface area contributed by atoms with Crippen LogP contribution in [0.25, 0.3) is 11.2 Å². The Morgan fingerprint density at radius 1 is 1.58 bits per heavy atom. The maximum Gasteiger partial charge on any atom is 0.251 e. The van der Waals surface area contributed by atoms with Crippen molar-refractivity contribution >= 4 is 29.3 Å². The van der Waals surface area contributed by atoms with Crippen molar-refractivity contribution in [2.75, 3.05) is 0 Å². The van der Waals surface area contributed by atoms with E-state index in [1.54, 1.807) is 0 Å². The Morgan fingerprint density at radius 3 is 2.92 bits per heavy atom. The van der Waals surface area contributed by atoms with Gasteiger partial charge in [0.1, 0.15) is 23.4 Å². The van der Waals surface area contributed by atoms with Gasteiger partial charge in [-0.2, -0.15) is 4.98 Å². The van der Waals surface area contributed by atoms with E-state index < -0.39 is 30.1 Å². The van der Waals surface area contributed by atoms with E-state index in [0.29, 0.717) is 11.2 Å². The van der Waals surface area contributed by atoms with Gasteiger partial charge >= 0.3 is 0 Å². The smallest absolute Gasteiger partial charge is 0.251 e. The summed E-state index contributed by atoms with van der Waals surface area (Å²) in [5.74, 6) is 10.2. The van der Waals surface area contributed by atoms with Crippen LogP contribution in [0.15, 0.2) is 16.7 Å². The number of nitrogens with one attached hydrogen (secondary N) is 1. The monoisotopic (exact) mass is 379 g/mol. The number of nitrogens with two attached hydrogens (primary N) is 1. The summed E-state index contributed by atoms with van der Waals surface area (Å²) in [7, 11) is 0. The average molecular weight is 379 g/mol. The first-order valence-electron chi connectivity index (χ1n) is 7.59. The maximum atomic E-state index is 11.0. The van der Waals surface area contributed by atoms with Gasteiger partial charge in [0.2, 0.25) is 0 Å². The van der Waals surface area contributed by atoms with E-state index in [1.165, 1.54) is 24.7 Å². The van der Waals surface area contributed by atoms with E-state index in [2.05, 4.69) is 37.1 Å². The van der Waals surface area contributed by atoms with Crippen LogP contribution in [-0.2, 0) is 4.74 Å². The first-order valence-corrected chi connectivity index (χ1v) is 8.00. The molecular formula is C14H17N7O4S. The molecule has 0 radical (unpaired) electrons. The zero-order chi connectivity index (χ0) is 19.1. The summed E-state index contributed by atoms with van der Waals surface area (Å²) in [4.78, 5) is 11.0. The Balaban J connectivity index is 2.20. The number of aliphatic hydroxyl groups is 3. The molecule has 2 aromatic heterocycles. The Hall–Kier alpha value is -2.43. The summed E-state index contributed by atoms with van der Waals surface area (Å²) in [6.45, 7) is 2.96. The number of hydrogen-bond acceptors (Lipinski definition) is 9. The molecule has 2 unspecified atom stereocenters. The van der Waals surface area contributed by atoms with Gasteiger partial charge in [0.05, 0.1) is 12.4 Å². The summed E-state index contributed by atoms with van der Waals surface area (Å²) < 4.78 is 7.25. The number of rotatable bonds is 3. The van der Waals surface area contributed by atoms with Crippen molar-refractivity contribution in [3.8, 4) is 11.8 Å². The number of H-pyrrole nitrogens is 1. The predicted octanol–water partition coefficient (Wildman–Crippen LogP) is -0.160. The van der Waals surface area contributed by atoms with Crippen LogP contribution in [0.5, 0.6) is 0 Å². The first kappa shape index (κ1) is 18.4. The van der Waals surface area contributed by atoms with Crippen molar-refractivity contribution in [3.63, 3.8) is 0 Å². The second-order valence-corrected chi connectivity index (χ2v) is 6.16. The molecule has 2 aromatic rings. The Morgan fingerprint density at radius 2 is 2.31 bits per heavy atom. The molecular weight excluding hydrogens is 362 g/mol. The standard InChI is InChI=1S/C14H17N7O4S/c1-3-4-14(24)9(23)8(6(2)22)25-12(14)21-5-16-7-10(21)17-13(19-20-15)18-11(7)26/h5-6,8-9,12,22-24H,1-2H3,(H3,15,17,18,19,26)/t6-,8?,9?,12-,14-/m1/s1. The van der Waals surface area contributed by atoms with Crippen molar-refractivity contribution < 1.29 is 20.1 Å². The second-order valence-electron chi connectivity index (χ2n) is 5.77. The van der Waals surface area contributed by atoms with Crippen LogP contribution in [0.1, 0.15) is 20.1 Å². The number of aromatic amines is 1. The van der Waals surface area contributed by atoms with Crippen LogP contribution < -0.4 is 5.84 Å². The SMILES string of the molecule is CC#C[C@@]1(O)C(O)C([C@@H](C)O)O[C@H]1n1cnc2c(=S)nc(N=NN)[nH]c21. The fourth-order valence-corrected chi connectivity index (χ4v) is 3.15. The lowest BCUT2D eigenvalue weighted by atomic mass is 9.93. The minimum Gasteiger partial charge on any atom is -0.391 e. The molecule has 0 amide bonds. The lowest BCUT2D eigenvalue weighted by Gasteiger charge is -2.26. The van der Waals surface area contributed by atoms with Gasteiger partial charge < -0.3 is 30.9 Å². The first-order chi connectivity index (χ1) is 12.3. The summed E-state index contributed by atoms with van der Waals surface area (Å²) >= 11 is 5.17. The molecule has 0 spiro atoms. The Labute approximate surface area is 152 Å². The molecule has 138 valence electrons. The quantitative estimate of drug-likeness (QED) is 0.161. The van der Waals surface area contributed by atoms with Crippen molar-refractivity contribution in [1.29, 1.82) is 0 Å². The number of hydrogen-bond donors (Lipinski definition) is 5. The van der Waals surface area contributed by atoms with Crippen molar-refractivity contribution in [2.45, 2.75) is 44.0 Å². The second kappa shape index (κ2) is 6.71. The molecule has 3 rings (SSSR count). The van der Waals surface area contributed by atoms with Crippen LogP contribution in [0.4, 0.5) is 5.95 Å². The summed E-state index contributed by atoms with van der Waals surface area (Å²) in [6, 6.07) is 0. The van der Waals surface area contributed by atoms with Crippen molar-refractivity contribution in [2.24, 2.45) is 16.2 Å². The Kier molecular flexibility index (Phi) is 4.74. The van der Waals surface area contributed by atoms with E-state index in [4.69, 9.17) is 22.8 Å². The Bertz CT molecular complexity index is 975. The van der Waals surface area contributed by atoms with Crippen molar-refractivity contribution in [1.82, 2.24) is 19.5 Å². The van der Waals surface area contributed by atoms with E-state index in [1.807, 2.05) is 0 Å². The van der Waals surface area contributed by atoms with Gasteiger partial charge in [-0.25, -0.2) is 4.98 Å². The highest BCUT2D eigenvalue weighted by molar-refractivity contribution is 7.71. The highest BCUT2D eigenvalue weighted by Crippen LogP contribution is 2.40. The molecule has 12 heteroatoms. The van der Waals surface area contributed by atoms with Crippen LogP contribution >= 0.6 is 12.2 Å². The molecule has 0 bridgehead atoms. The van der Waals surface area contributed by atoms with Crippen LogP contribution in [0.3, 0.4) is 0 Å². The highest BCUT2D eigenvalue weighted by atomic mass is 32.1. The fraction of sp³-hybridized carbons (Fsp3) is 0.500.